The average Bonchev–Trinajstić information content (AvgIpc) is 3.28. The van der Waals surface area contributed by atoms with E-state index >= 15 is 0 Å². The predicted molar refractivity (Wildman–Crippen MR) is 295 cm³/mol. The zero-order valence-electron chi connectivity index (χ0n) is 48.6. The van der Waals surface area contributed by atoms with Crippen molar-refractivity contribution >= 4 is 76.8 Å². The highest BCUT2D eigenvalue weighted by Gasteiger charge is 2.30. The van der Waals surface area contributed by atoms with Crippen LogP contribution in [0.3, 0.4) is 0 Å². The van der Waals surface area contributed by atoms with Gasteiger partial charge in [-0.15, -0.1) is 0 Å². The van der Waals surface area contributed by atoms with Gasteiger partial charge in [0.2, 0.25) is 76.8 Å². The van der Waals surface area contributed by atoms with Crippen molar-refractivity contribution in [2.45, 2.75) is 238 Å². The van der Waals surface area contributed by atoms with Gasteiger partial charge in [-0.05, 0) is 83.1 Å². The lowest BCUT2D eigenvalue weighted by Gasteiger charge is -2.25. The van der Waals surface area contributed by atoms with Crippen molar-refractivity contribution in [3.63, 3.8) is 0 Å². The Morgan fingerprint density at radius 2 is 0.425 bits per heavy atom. The van der Waals surface area contributed by atoms with Gasteiger partial charge in [-0.25, -0.2) is 0 Å². The molecule has 0 aromatic carbocycles. The third-order valence-corrected chi connectivity index (χ3v) is 12.1. The van der Waals surface area contributed by atoms with Gasteiger partial charge in [-0.1, -0.05) is 0 Å². The van der Waals surface area contributed by atoms with E-state index in [-0.39, 0.29) is 57.3 Å². The third-order valence-electron chi connectivity index (χ3n) is 12.1. The molecule has 80 heavy (non-hydrogen) atoms. The molecule has 0 aliphatic rings. The summed E-state index contributed by atoms with van der Waals surface area (Å²) in [7, 11) is 0. The molecule has 0 aliphatic carbocycles. The topological polar surface area (TPSA) is 496 Å². The van der Waals surface area contributed by atoms with Crippen molar-refractivity contribution in [2.75, 3.05) is 0 Å². The third kappa shape index (κ3) is 31.5. The van der Waals surface area contributed by atoms with Crippen LogP contribution in [0.4, 0.5) is 0 Å². The molecule has 30 nitrogen and oxygen atoms in total. The highest BCUT2D eigenvalue weighted by molar-refractivity contribution is 5.89. The summed E-state index contributed by atoms with van der Waals surface area (Å²) in [5.41, 5.74) is 29.3. The first-order valence-corrected chi connectivity index (χ1v) is 26.8. The van der Waals surface area contributed by atoms with Crippen LogP contribution in [0, 0.1) is 0 Å². The standard InChI is InChI=1S/C50H93N17O13/c1-22(14-35(51)69)60-47(77)43(52)30(9)65-40(74)16-24(3)57-37(71)20-28(7)62-49(79)45(54)32(11)67-42(76)18-26(5)59-38(72)21-29(8)63-50(80)46(55)33(12)66-41(75)17-25(4)58-36(70)19-27(6)61-48(78)44(53)31(10)64-39(73)15-23(2)56-34(13)68/h22-33,43-46H,14-21,52-55H2,1-13H3,(H2,51,69)(H,56,68)(H,57,71)(H,58,70)(H,59,72)(H,60,77)(H,61,78)(H,62,79)(H,63,80)(H,64,73)(H,65,74)(H,66,75)(H,67,76). The number of nitrogens with one attached hydrogen (secondary N) is 12. The molecular formula is C50H93N17O13. The minimum Gasteiger partial charge on any atom is -0.370 e. The first-order chi connectivity index (χ1) is 36.9. The fraction of sp³-hybridized carbons (Fsp3) is 0.740. The van der Waals surface area contributed by atoms with Crippen LogP contribution in [-0.2, 0) is 62.3 Å². The van der Waals surface area contributed by atoms with Crippen LogP contribution in [0.2, 0.25) is 0 Å². The number of nitrogens with two attached hydrogens (primary N) is 5. The molecule has 0 bridgehead atoms. The second-order valence-electron chi connectivity index (χ2n) is 21.3. The van der Waals surface area contributed by atoms with E-state index in [1.165, 1.54) is 27.7 Å². The van der Waals surface area contributed by atoms with Gasteiger partial charge in [0.1, 0.15) is 24.2 Å². The van der Waals surface area contributed by atoms with Crippen molar-refractivity contribution in [3.8, 4) is 0 Å². The molecule has 13 amide bonds. The second kappa shape index (κ2) is 36.3. The van der Waals surface area contributed by atoms with E-state index in [0.29, 0.717) is 0 Å². The van der Waals surface area contributed by atoms with Crippen LogP contribution in [0.25, 0.3) is 0 Å². The van der Waals surface area contributed by atoms with E-state index < -0.39 is 168 Å². The number of rotatable bonds is 36. The monoisotopic (exact) mass is 1140 g/mol. The normalized spacial score (nSPS) is 17.1. The Kier molecular flexibility index (Phi) is 33.1. The number of carbonyl (C=O) groups excluding carboxylic acids is 13. The van der Waals surface area contributed by atoms with Gasteiger partial charge in [-0.3, -0.25) is 62.3 Å². The maximum absolute atomic E-state index is 13.0. The lowest BCUT2D eigenvalue weighted by molar-refractivity contribution is -0.128. The van der Waals surface area contributed by atoms with E-state index in [1.54, 1.807) is 62.3 Å². The summed E-state index contributed by atoms with van der Waals surface area (Å²) in [6.45, 7) is 20.1. The average molecular weight is 1140 g/mol. The maximum Gasteiger partial charge on any atom is 0.239 e. The van der Waals surface area contributed by atoms with Crippen LogP contribution in [0.5, 0.6) is 0 Å². The highest BCUT2D eigenvalue weighted by Crippen LogP contribution is 2.05. The van der Waals surface area contributed by atoms with E-state index in [2.05, 4.69) is 63.8 Å². The molecule has 0 saturated heterocycles. The van der Waals surface area contributed by atoms with E-state index in [1.807, 2.05) is 0 Å². The summed E-state index contributed by atoms with van der Waals surface area (Å²) in [4.78, 5) is 162. The molecule has 30 heteroatoms. The molecule has 0 radical (unpaired) electrons. The van der Waals surface area contributed by atoms with Gasteiger partial charge in [0.15, 0.2) is 0 Å². The molecule has 0 spiro atoms. The summed E-state index contributed by atoms with van der Waals surface area (Å²) >= 11 is 0. The minimum absolute atomic E-state index is 0.0185. The smallest absolute Gasteiger partial charge is 0.239 e. The number of primary amides is 1. The van der Waals surface area contributed by atoms with Gasteiger partial charge in [0, 0.05) is 107 Å². The van der Waals surface area contributed by atoms with Gasteiger partial charge >= 0.3 is 0 Å². The van der Waals surface area contributed by atoms with Crippen LogP contribution in [-0.4, -0.2) is 173 Å². The molecule has 0 aromatic heterocycles. The van der Waals surface area contributed by atoms with Crippen molar-refractivity contribution in [2.24, 2.45) is 28.7 Å². The Hall–Kier alpha value is -7.05. The number of hydrogen-bond acceptors (Lipinski definition) is 17. The Labute approximate surface area is 468 Å². The first kappa shape index (κ1) is 73.0. The van der Waals surface area contributed by atoms with E-state index in [0.717, 1.165) is 0 Å². The molecule has 0 heterocycles. The molecule has 0 saturated carbocycles. The van der Waals surface area contributed by atoms with Gasteiger partial charge < -0.3 is 92.5 Å². The summed E-state index contributed by atoms with van der Waals surface area (Å²) in [6, 6.07) is -13.0. The molecule has 0 aromatic rings. The fourth-order valence-corrected chi connectivity index (χ4v) is 7.88. The van der Waals surface area contributed by atoms with Crippen LogP contribution in [0.15, 0.2) is 0 Å². The highest BCUT2D eigenvalue weighted by atomic mass is 16.2. The van der Waals surface area contributed by atoms with Crippen LogP contribution < -0.4 is 92.5 Å². The Morgan fingerprint density at radius 1 is 0.263 bits per heavy atom. The largest absolute Gasteiger partial charge is 0.370 e. The van der Waals surface area contributed by atoms with Crippen molar-refractivity contribution in [3.05, 3.63) is 0 Å². The molecule has 456 valence electrons. The predicted octanol–water partition coefficient (Wildman–Crippen LogP) is -6.02. The summed E-state index contributed by atoms with van der Waals surface area (Å²) in [5, 5.41) is 31.5. The Morgan fingerprint density at radius 3 is 0.613 bits per heavy atom. The summed E-state index contributed by atoms with van der Waals surface area (Å²) < 4.78 is 0. The lowest BCUT2D eigenvalue weighted by atomic mass is 10.1. The lowest BCUT2D eigenvalue weighted by Crippen LogP contribution is -2.56. The zero-order chi connectivity index (χ0) is 61.9. The molecule has 0 rings (SSSR count). The van der Waals surface area contributed by atoms with Crippen molar-refractivity contribution in [1.29, 1.82) is 0 Å². The zero-order valence-corrected chi connectivity index (χ0v) is 48.6. The number of amides is 13. The molecule has 16 unspecified atom stereocenters. The molecular weight excluding hydrogens is 1050 g/mol. The summed E-state index contributed by atoms with van der Waals surface area (Å²) in [5.74, 6) is -6.83. The van der Waals surface area contributed by atoms with E-state index in [4.69, 9.17) is 28.7 Å². The molecule has 22 N–H and O–H groups in total. The van der Waals surface area contributed by atoms with Crippen molar-refractivity contribution in [1.82, 2.24) is 63.8 Å². The van der Waals surface area contributed by atoms with E-state index in [9.17, 15) is 62.3 Å². The number of hydrogen-bond donors (Lipinski definition) is 17. The second-order valence-corrected chi connectivity index (χ2v) is 21.3. The molecule has 0 fully saturated rings. The molecule has 16 atom stereocenters. The number of carbonyl (C=O) groups is 13. The Bertz CT molecular complexity index is 2150. The summed E-state index contributed by atoms with van der Waals surface area (Å²) in [6.07, 6.45) is -1.15. The fourth-order valence-electron chi connectivity index (χ4n) is 7.88. The van der Waals surface area contributed by atoms with Gasteiger partial charge in [0.25, 0.3) is 0 Å². The quantitative estimate of drug-likeness (QED) is 0.0278. The van der Waals surface area contributed by atoms with Crippen molar-refractivity contribution < 1.29 is 62.3 Å². The van der Waals surface area contributed by atoms with Gasteiger partial charge in [-0.2, -0.15) is 0 Å². The van der Waals surface area contributed by atoms with Gasteiger partial charge in [0.05, 0.1) is 24.2 Å². The van der Waals surface area contributed by atoms with Crippen LogP contribution in [0.1, 0.15) is 141 Å². The maximum atomic E-state index is 13.0. The SMILES string of the molecule is CC(=O)NC(C)CC(=O)NC(C)C(N)C(=O)NC(C)CC(=O)NC(C)CC(=O)NC(C)C(N)C(=O)NC(C)CC(=O)NC(C)CC(=O)NC(C)C(N)C(=O)NC(C)CC(=O)NC(C)CC(=O)NC(C)C(N)C(=O)NC(C)CC(N)=O. The van der Waals surface area contributed by atoms with Crippen LogP contribution >= 0.6 is 0 Å². The first-order valence-electron chi connectivity index (χ1n) is 26.8. The molecule has 0 aliphatic heterocycles. The minimum atomic E-state index is -1.23. The Balaban J connectivity index is 4.75.